The minimum absolute atomic E-state index is 0.0831. The van der Waals surface area contributed by atoms with E-state index in [0.717, 1.165) is 12.7 Å². The summed E-state index contributed by atoms with van der Waals surface area (Å²) in [5.74, 6) is -1.40. The minimum Gasteiger partial charge on any atom is -0.462 e. The summed E-state index contributed by atoms with van der Waals surface area (Å²) >= 11 is 0. The normalized spacial score (nSPS) is 12.7. The lowest BCUT2D eigenvalue weighted by Gasteiger charge is -2.15. The molecule has 1 aliphatic rings. The standard InChI is InChI=1S/C17H14N4O4/c1-25-17(24)16(23)21-20-13-8-7-11-9-12(22)14(19-15(11)18-13)10-5-3-2-4-6-10/h2-8H,9H2,1H3,(H,18,20)(H,21,23). The highest BCUT2D eigenvalue weighted by Crippen LogP contribution is 2.25. The first-order valence-corrected chi connectivity index (χ1v) is 7.40. The highest BCUT2D eigenvalue weighted by Gasteiger charge is 2.23. The Morgan fingerprint density at radius 2 is 1.88 bits per heavy atom. The lowest BCUT2D eigenvalue weighted by Crippen LogP contribution is -2.36. The molecule has 8 nitrogen and oxygen atoms in total. The van der Waals surface area contributed by atoms with Crippen LogP contribution in [0.25, 0.3) is 0 Å². The Labute approximate surface area is 142 Å². The van der Waals surface area contributed by atoms with Crippen LogP contribution in [0.1, 0.15) is 11.1 Å². The fourth-order valence-electron chi connectivity index (χ4n) is 2.29. The van der Waals surface area contributed by atoms with Crippen LogP contribution in [0, 0.1) is 0 Å². The van der Waals surface area contributed by atoms with E-state index in [1.54, 1.807) is 24.3 Å². The van der Waals surface area contributed by atoms with Crippen molar-refractivity contribution >= 4 is 35.0 Å². The van der Waals surface area contributed by atoms with Crippen LogP contribution in [0.3, 0.4) is 0 Å². The second-order valence-electron chi connectivity index (χ2n) is 5.18. The van der Waals surface area contributed by atoms with Crippen LogP contribution in [-0.2, 0) is 25.5 Å². The van der Waals surface area contributed by atoms with Crippen LogP contribution in [0.15, 0.2) is 47.5 Å². The summed E-state index contributed by atoms with van der Waals surface area (Å²) in [6, 6.07) is 12.4. The molecule has 1 aromatic carbocycles. The van der Waals surface area contributed by atoms with Gasteiger partial charge in [0.2, 0.25) is 0 Å². The fraction of sp³-hybridized carbons (Fsp3) is 0.118. The summed E-state index contributed by atoms with van der Waals surface area (Å²) in [5, 5.41) is 0. The number of nitrogens with zero attached hydrogens (tertiary/aromatic N) is 2. The maximum absolute atomic E-state index is 12.3. The number of hydrazine groups is 1. The summed E-state index contributed by atoms with van der Waals surface area (Å²) in [5.41, 5.74) is 6.43. The van der Waals surface area contributed by atoms with Crippen LogP contribution in [-0.4, -0.2) is 35.5 Å². The number of aromatic nitrogens is 1. The van der Waals surface area contributed by atoms with E-state index < -0.39 is 11.9 Å². The topological polar surface area (TPSA) is 110 Å². The van der Waals surface area contributed by atoms with Gasteiger partial charge in [-0.05, 0) is 6.07 Å². The average Bonchev–Trinajstić information content (AvgIpc) is 2.65. The van der Waals surface area contributed by atoms with Gasteiger partial charge in [-0.3, -0.25) is 20.4 Å². The van der Waals surface area contributed by atoms with Crippen molar-refractivity contribution in [2.45, 2.75) is 6.42 Å². The van der Waals surface area contributed by atoms with Gasteiger partial charge in [-0.25, -0.2) is 14.8 Å². The highest BCUT2D eigenvalue weighted by molar-refractivity contribution is 6.47. The van der Waals surface area contributed by atoms with Crippen LogP contribution in [0.4, 0.5) is 11.6 Å². The van der Waals surface area contributed by atoms with Crippen molar-refractivity contribution in [2.75, 3.05) is 12.5 Å². The number of amides is 1. The number of ether oxygens (including phenoxy) is 1. The van der Waals surface area contributed by atoms with Gasteiger partial charge in [0.05, 0.1) is 7.11 Å². The maximum Gasteiger partial charge on any atom is 0.398 e. The van der Waals surface area contributed by atoms with Crippen LogP contribution in [0.5, 0.6) is 0 Å². The Kier molecular flexibility index (Phi) is 4.51. The van der Waals surface area contributed by atoms with Gasteiger partial charge in [0.25, 0.3) is 0 Å². The number of esters is 1. The Balaban J connectivity index is 1.83. The molecule has 0 saturated carbocycles. The summed E-state index contributed by atoms with van der Waals surface area (Å²) in [7, 11) is 1.11. The Bertz CT molecular complexity index is 877. The number of methoxy groups -OCH3 is 1. The first-order valence-electron chi connectivity index (χ1n) is 7.40. The van der Waals surface area contributed by atoms with Crippen molar-refractivity contribution in [3.63, 3.8) is 0 Å². The molecule has 25 heavy (non-hydrogen) atoms. The van der Waals surface area contributed by atoms with Gasteiger partial charge in [0, 0.05) is 17.5 Å². The number of carbonyl (C=O) groups excluding carboxylic acids is 3. The third-order valence-electron chi connectivity index (χ3n) is 3.51. The number of rotatable bonds is 3. The summed E-state index contributed by atoms with van der Waals surface area (Å²) < 4.78 is 4.30. The molecular formula is C17H14N4O4. The fourth-order valence-corrected chi connectivity index (χ4v) is 2.29. The number of anilines is 1. The van der Waals surface area contributed by atoms with Gasteiger partial charge < -0.3 is 4.74 Å². The molecule has 0 aliphatic carbocycles. The number of benzene rings is 1. The Morgan fingerprint density at radius 3 is 2.60 bits per heavy atom. The average molecular weight is 338 g/mol. The maximum atomic E-state index is 12.3. The third kappa shape index (κ3) is 3.52. The van der Waals surface area contributed by atoms with Crippen molar-refractivity contribution < 1.29 is 19.1 Å². The van der Waals surface area contributed by atoms with Gasteiger partial charge in [-0.2, -0.15) is 0 Å². The predicted molar refractivity (Wildman–Crippen MR) is 89.4 cm³/mol. The van der Waals surface area contributed by atoms with E-state index in [2.05, 4.69) is 25.6 Å². The monoisotopic (exact) mass is 338 g/mol. The molecule has 2 aromatic rings. The van der Waals surface area contributed by atoms with E-state index in [0.29, 0.717) is 17.1 Å². The Hall–Kier alpha value is -3.55. The quantitative estimate of drug-likeness (QED) is 0.490. The SMILES string of the molecule is COC(=O)C(=O)NNc1ccc2c(n1)N=C(c1ccccc1)C(=O)C2. The Morgan fingerprint density at radius 1 is 1.12 bits per heavy atom. The van der Waals surface area contributed by atoms with Gasteiger partial charge in [-0.1, -0.05) is 36.4 Å². The van der Waals surface area contributed by atoms with Crippen molar-refractivity contribution in [3.8, 4) is 0 Å². The molecule has 126 valence electrons. The predicted octanol–water partition coefficient (Wildman–Crippen LogP) is 0.944. The molecule has 0 atom stereocenters. The number of hydrogen-bond acceptors (Lipinski definition) is 7. The number of pyridine rings is 1. The van der Waals surface area contributed by atoms with E-state index in [-0.39, 0.29) is 18.0 Å². The molecule has 0 fully saturated rings. The molecule has 8 heteroatoms. The van der Waals surface area contributed by atoms with Gasteiger partial charge in [0.1, 0.15) is 11.5 Å². The van der Waals surface area contributed by atoms with Crippen LogP contribution < -0.4 is 10.9 Å². The van der Waals surface area contributed by atoms with E-state index in [4.69, 9.17) is 0 Å². The van der Waals surface area contributed by atoms with E-state index in [1.807, 2.05) is 18.2 Å². The molecule has 2 heterocycles. The zero-order chi connectivity index (χ0) is 17.8. The number of fused-ring (bicyclic) bond motifs is 1. The van der Waals surface area contributed by atoms with Crippen molar-refractivity contribution in [1.82, 2.24) is 10.4 Å². The summed E-state index contributed by atoms with van der Waals surface area (Å²) in [4.78, 5) is 43.3. The molecule has 0 unspecified atom stereocenters. The molecule has 1 amide bonds. The molecule has 1 aliphatic heterocycles. The number of carbonyl (C=O) groups is 3. The smallest absolute Gasteiger partial charge is 0.398 e. The molecule has 0 bridgehead atoms. The largest absolute Gasteiger partial charge is 0.462 e. The number of nitrogens with one attached hydrogen (secondary N) is 2. The highest BCUT2D eigenvalue weighted by atomic mass is 16.5. The van der Waals surface area contributed by atoms with Crippen LogP contribution in [0.2, 0.25) is 0 Å². The number of Topliss-reactive ketones (excluding diaryl/α,β-unsaturated/α-hetero) is 1. The summed E-state index contributed by atoms with van der Waals surface area (Å²) in [6.45, 7) is 0. The van der Waals surface area contributed by atoms with E-state index in [1.165, 1.54) is 0 Å². The molecule has 0 spiro atoms. The molecule has 1 aromatic heterocycles. The van der Waals surface area contributed by atoms with E-state index in [9.17, 15) is 14.4 Å². The number of ketones is 1. The zero-order valence-corrected chi connectivity index (χ0v) is 13.3. The van der Waals surface area contributed by atoms with Crippen LogP contribution >= 0.6 is 0 Å². The number of hydrogen-bond donors (Lipinski definition) is 2. The van der Waals surface area contributed by atoms with Crippen molar-refractivity contribution in [3.05, 3.63) is 53.6 Å². The van der Waals surface area contributed by atoms with Crippen molar-refractivity contribution in [1.29, 1.82) is 0 Å². The first-order chi connectivity index (χ1) is 12.1. The molecule has 3 rings (SSSR count). The second kappa shape index (κ2) is 6.91. The molecule has 0 radical (unpaired) electrons. The van der Waals surface area contributed by atoms with Gasteiger partial charge in [-0.15, -0.1) is 0 Å². The third-order valence-corrected chi connectivity index (χ3v) is 3.51. The molecular weight excluding hydrogens is 324 g/mol. The lowest BCUT2D eigenvalue weighted by molar-refractivity contribution is -0.152. The zero-order valence-electron chi connectivity index (χ0n) is 13.3. The second-order valence-corrected chi connectivity index (χ2v) is 5.18. The summed E-state index contributed by atoms with van der Waals surface area (Å²) in [6.07, 6.45) is 0.199. The van der Waals surface area contributed by atoms with Gasteiger partial charge in [0.15, 0.2) is 11.6 Å². The number of aliphatic imine (C=N–C) groups is 1. The lowest BCUT2D eigenvalue weighted by atomic mass is 9.98. The first kappa shape index (κ1) is 16.3. The minimum atomic E-state index is -1.03. The molecule has 0 saturated heterocycles. The van der Waals surface area contributed by atoms with Gasteiger partial charge >= 0.3 is 11.9 Å². The molecule has 2 N–H and O–H groups in total. The van der Waals surface area contributed by atoms with E-state index >= 15 is 0 Å². The van der Waals surface area contributed by atoms with Crippen molar-refractivity contribution in [2.24, 2.45) is 4.99 Å².